The van der Waals surface area contributed by atoms with Gasteiger partial charge in [0.05, 0.1) is 16.3 Å². The molecule has 0 spiro atoms. The van der Waals surface area contributed by atoms with Gasteiger partial charge in [-0.05, 0) is 29.7 Å². The molecule has 0 atom stereocenters. The van der Waals surface area contributed by atoms with Crippen molar-refractivity contribution < 1.29 is 18.0 Å². The summed E-state index contributed by atoms with van der Waals surface area (Å²) in [5, 5.41) is 14.0. The maximum Gasteiger partial charge on any atom is 0.417 e. The van der Waals surface area contributed by atoms with Crippen molar-refractivity contribution in [1.82, 2.24) is 25.1 Å². The molecule has 0 saturated heterocycles. The number of carbonyl (C=O) groups excluding carboxylic acids is 1. The van der Waals surface area contributed by atoms with Gasteiger partial charge in [0.25, 0.3) is 0 Å². The van der Waals surface area contributed by atoms with Crippen LogP contribution in [0.1, 0.15) is 30.9 Å². The monoisotopic (exact) mass is 498 g/mol. The van der Waals surface area contributed by atoms with Crippen molar-refractivity contribution in [2.75, 3.05) is 24.2 Å². The number of halogens is 4. The normalized spacial score (nSPS) is 11.6. The molecule has 176 valence electrons. The van der Waals surface area contributed by atoms with Crippen molar-refractivity contribution in [3.8, 4) is 5.69 Å². The highest BCUT2D eigenvalue weighted by atomic mass is 35.5. The van der Waals surface area contributed by atoms with Crippen molar-refractivity contribution in [2.24, 2.45) is 0 Å². The third kappa shape index (κ3) is 6.84. The molecule has 0 aliphatic carbocycles. The quantitative estimate of drug-likeness (QED) is 0.326. The van der Waals surface area contributed by atoms with Crippen LogP contribution in [-0.4, -0.2) is 44.5 Å². The zero-order valence-corrected chi connectivity index (χ0v) is 19.4. The zero-order chi connectivity index (χ0) is 24.0. The van der Waals surface area contributed by atoms with Gasteiger partial charge in [-0.3, -0.25) is 9.36 Å². The lowest BCUT2D eigenvalue weighted by atomic mass is 10.0. The number of benzene rings is 1. The molecule has 0 unspecified atom stereocenters. The van der Waals surface area contributed by atoms with Gasteiger partial charge >= 0.3 is 6.18 Å². The van der Waals surface area contributed by atoms with Crippen LogP contribution in [0.4, 0.5) is 19.0 Å². The van der Waals surface area contributed by atoms with Crippen LogP contribution in [0.3, 0.4) is 0 Å². The summed E-state index contributed by atoms with van der Waals surface area (Å²) in [4.78, 5) is 15.8. The van der Waals surface area contributed by atoms with Crippen LogP contribution in [-0.2, 0) is 11.0 Å². The predicted octanol–water partition coefficient (Wildman–Crippen LogP) is 4.78. The number of hydrogen-bond donors (Lipinski definition) is 2. The Hall–Kier alpha value is -2.79. The predicted molar refractivity (Wildman–Crippen MR) is 122 cm³/mol. The lowest BCUT2D eigenvalue weighted by Crippen LogP contribution is -2.30. The number of amides is 1. The molecule has 3 rings (SSSR count). The van der Waals surface area contributed by atoms with Crippen LogP contribution in [0.2, 0.25) is 5.02 Å². The van der Waals surface area contributed by atoms with Crippen molar-refractivity contribution in [3.05, 3.63) is 59.0 Å². The van der Waals surface area contributed by atoms with E-state index in [4.69, 9.17) is 11.6 Å². The molecule has 0 fully saturated rings. The van der Waals surface area contributed by atoms with E-state index in [0.717, 1.165) is 11.8 Å². The van der Waals surface area contributed by atoms with Crippen LogP contribution in [0.15, 0.2) is 48.0 Å². The van der Waals surface area contributed by atoms with Gasteiger partial charge in [0, 0.05) is 25.0 Å². The van der Waals surface area contributed by atoms with E-state index in [1.807, 2.05) is 28.8 Å². The second-order valence-electron chi connectivity index (χ2n) is 7.35. The topological polar surface area (TPSA) is 84.7 Å². The highest BCUT2D eigenvalue weighted by Crippen LogP contribution is 2.32. The standard InChI is InChI=1S/C21H22ClF3N6OS/c1-13(2)14-3-5-16(6-4-14)31-12-29-30-20(31)33-11-18(32)26-7-8-27-19-17(22)9-15(10-28-19)21(23,24)25/h3-6,9-10,12-13H,7-8,11H2,1-2H3,(H,26,32)(H,27,28). The van der Waals surface area contributed by atoms with E-state index >= 15 is 0 Å². The fraction of sp³-hybridized carbons (Fsp3) is 0.333. The Labute approximate surface area is 198 Å². The Kier molecular flexibility index (Phi) is 8.20. The number of thioether (sulfide) groups is 1. The number of rotatable bonds is 9. The Bertz CT molecular complexity index is 1090. The van der Waals surface area contributed by atoms with E-state index < -0.39 is 11.7 Å². The summed E-state index contributed by atoms with van der Waals surface area (Å²) >= 11 is 7.09. The lowest BCUT2D eigenvalue weighted by Gasteiger charge is -2.11. The number of alkyl halides is 3. The van der Waals surface area contributed by atoms with E-state index in [1.54, 1.807) is 6.33 Å². The molecule has 0 saturated carbocycles. The van der Waals surface area contributed by atoms with Gasteiger partial charge in [-0.15, -0.1) is 10.2 Å². The van der Waals surface area contributed by atoms with Crippen LogP contribution in [0.25, 0.3) is 5.69 Å². The smallest absolute Gasteiger partial charge is 0.367 e. The second kappa shape index (κ2) is 10.9. The van der Waals surface area contributed by atoms with Crippen LogP contribution in [0.5, 0.6) is 0 Å². The summed E-state index contributed by atoms with van der Waals surface area (Å²) < 4.78 is 39.8. The molecule has 3 aromatic rings. The van der Waals surface area contributed by atoms with Gasteiger partial charge in [-0.2, -0.15) is 13.2 Å². The molecule has 33 heavy (non-hydrogen) atoms. The van der Waals surface area contributed by atoms with Crippen molar-refractivity contribution >= 4 is 35.1 Å². The summed E-state index contributed by atoms with van der Waals surface area (Å²) in [7, 11) is 0. The maximum atomic E-state index is 12.7. The first-order valence-corrected chi connectivity index (χ1v) is 11.4. The molecule has 0 aliphatic heterocycles. The summed E-state index contributed by atoms with van der Waals surface area (Å²) in [6.07, 6.45) is -2.21. The van der Waals surface area contributed by atoms with E-state index in [-0.39, 0.29) is 35.6 Å². The SMILES string of the molecule is CC(C)c1ccc(-n2cnnc2SCC(=O)NCCNc2ncc(C(F)(F)F)cc2Cl)cc1. The van der Waals surface area contributed by atoms with Crippen LogP contribution < -0.4 is 10.6 Å². The Morgan fingerprint density at radius 3 is 2.58 bits per heavy atom. The molecule has 12 heteroatoms. The minimum absolute atomic E-state index is 0.116. The third-order valence-electron chi connectivity index (χ3n) is 4.59. The number of nitrogens with one attached hydrogen (secondary N) is 2. The summed E-state index contributed by atoms with van der Waals surface area (Å²) in [5.41, 5.74) is 1.20. The summed E-state index contributed by atoms with van der Waals surface area (Å²) in [6, 6.07) is 8.86. The first-order valence-electron chi connectivity index (χ1n) is 10.0. The van der Waals surface area contributed by atoms with E-state index in [0.29, 0.717) is 17.3 Å². The number of carbonyl (C=O) groups is 1. The average Bonchev–Trinajstić information content (AvgIpc) is 3.24. The number of anilines is 1. The number of pyridine rings is 1. The van der Waals surface area contributed by atoms with Crippen LogP contribution >= 0.6 is 23.4 Å². The largest absolute Gasteiger partial charge is 0.417 e. The average molecular weight is 499 g/mol. The molecule has 0 radical (unpaired) electrons. The van der Waals surface area contributed by atoms with Gasteiger partial charge < -0.3 is 10.6 Å². The van der Waals surface area contributed by atoms with E-state index in [2.05, 4.69) is 39.7 Å². The summed E-state index contributed by atoms with van der Waals surface area (Å²) in [5.74, 6) is 0.447. The van der Waals surface area contributed by atoms with Gasteiger partial charge in [-0.25, -0.2) is 4.98 Å². The van der Waals surface area contributed by atoms with Gasteiger partial charge in [0.1, 0.15) is 12.1 Å². The molecular formula is C21H22ClF3N6OS. The maximum absolute atomic E-state index is 12.7. The lowest BCUT2D eigenvalue weighted by molar-refractivity contribution is -0.137. The molecule has 1 aromatic carbocycles. The fourth-order valence-electron chi connectivity index (χ4n) is 2.81. The van der Waals surface area contributed by atoms with E-state index in [1.165, 1.54) is 17.3 Å². The number of nitrogens with zero attached hydrogens (tertiary/aromatic N) is 4. The molecule has 0 aliphatic rings. The minimum atomic E-state index is -4.51. The number of hydrogen-bond acceptors (Lipinski definition) is 6. The Morgan fingerprint density at radius 1 is 1.21 bits per heavy atom. The highest BCUT2D eigenvalue weighted by molar-refractivity contribution is 7.99. The van der Waals surface area contributed by atoms with E-state index in [9.17, 15) is 18.0 Å². The molecule has 2 heterocycles. The Balaban J connectivity index is 1.45. The first-order chi connectivity index (χ1) is 15.6. The molecular weight excluding hydrogens is 477 g/mol. The molecule has 7 nitrogen and oxygen atoms in total. The first kappa shape index (κ1) is 24.8. The van der Waals surface area contributed by atoms with Gasteiger partial charge in [-0.1, -0.05) is 49.3 Å². The fourth-order valence-corrected chi connectivity index (χ4v) is 3.80. The number of aromatic nitrogens is 4. The van der Waals surface area contributed by atoms with Crippen LogP contribution in [0, 0.1) is 0 Å². The Morgan fingerprint density at radius 2 is 1.94 bits per heavy atom. The molecule has 1 amide bonds. The second-order valence-corrected chi connectivity index (χ2v) is 8.70. The zero-order valence-electron chi connectivity index (χ0n) is 17.9. The van der Waals surface area contributed by atoms with Gasteiger partial charge in [0.2, 0.25) is 5.91 Å². The highest BCUT2D eigenvalue weighted by Gasteiger charge is 2.31. The molecule has 0 bridgehead atoms. The minimum Gasteiger partial charge on any atom is -0.367 e. The summed E-state index contributed by atoms with van der Waals surface area (Å²) in [6.45, 7) is 4.73. The van der Waals surface area contributed by atoms with Crippen molar-refractivity contribution in [2.45, 2.75) is 31.1 Å². The van der Waals surface area contributed by atoms with Crippen molar-refractivity contribution in [3.63, 3.8) is 0 Å². The molecule has 2 N–H and O–H groups in total. The molecule has 2 aromatic heterocycles. The third-order valence-corrected chi connectivity index (χ3v) is 5.83. The van der Waals surface area contributed by atoms with Gasteiger partial charge in [0.15, 0.2) is 5.16 Å². The van der Waals surface area contributed by atoms with Crippen molar-refractivity contribution in [1.29, 1.82) is 0 Å².